The highest BCUT2D eigenvalue weighted by molar-refractivity contribution is 9.10. The molecule has 1 aromatic carbocycles. The molecule has 0 unspecified atom stereocenters. The van der Waals surface area contributed by atoms with Gasteiger partial charge < -0.3 is 4.98 Å². The Morgan fingerprint density at radius 3 is 2.85 bits per heavy atom. The van der Waals surface area contributed by atoms with E-state index in [1.165, 1.54) is 12.1 Å². The molecule has 20 heavy (non-hydrogen) atoms. The molecule has 3 nitrogen and oxygen atoms in total. The normalized spacial score (nSPS) is 11.2. The third-order valence-electron chi connectivity index (χ3n) is 2.88. The number of rotatable bonds is 1. The van der Waals surface area contributed by atoms with Gasteiger partial charge in [-0.1, -0.05) is 11.6 Å². The molecule has 3 aromatic rings. The van der Waals surface area contributed by atoms with Crippen molar-refractivity contribution in [1.29, 1.82) is 0 Å². The molecule has 0 aliphatic heterocycles. The Balaban J connectivity index is 2.44. The van der Waals surface area contributed by atoms with Crippen LogP contribution in [0.1, 0.15) is 5.69 Å². The predicted octanol–water partition coefficient (Wildman–Crippen LogP) is 4.95. The highest BCUT2D eigenvalue weighted by Crippen LogP contribution is 2.32. The summed E-state index contributed by atoms with van der Waals surface area (Å²) in [5.74, 6) is -0.416. The standard InChI is InChI=1S/C13H8BrClFN3S/c1-6-2-3-10-12(17-6)19(13(20)18-10)11-8(14)4-7(16)5-9(11)15/h2-5H,1H3,(H,18,20). The van der Waals surface area contributed by atoms with E-state index in [0.717, 1.165) is 11.2 Å². The Labute approximate surface area is 132 Å². The van der Waals surface area contributed by atoms with Crippen LogP contribution in [-0.2, 0) is 0 Å². The van der Waals surface area contributed by atoms with Crippen molar-refractivity contribution in [3.63, 3.8) is 0 Å². The van der Waals surface area contributed by atoms with Gasteiger partial charge in [-0.3, -0.25) is 4.57 Å². The van der Waals surface area contributed by atoms with E-state index in [4.69, 9.17) is 23.8 Å². The maximum atomic E-state index is 13.4. The molecule has 1 N–H and O–H groups in total. The molecule has 0 aliphatic carbocycles. The van der Waals surface area contributed by atoms with Gasteiger partial charge in [-0.2, -0.15) is 0 Å². The molecular weight excluding hydrogens is 365 g/mol. The van der Waals surface area contributed by atoms with E-state index in [1.54, 1.807) is 4.57 Å². The largest absolute Gasteiger partial charge is 0.329 e. The lowest BCUT2D eigenvalue weighted by Crippen LogP contribution is -1.99. The van der Waals surface area contributed by atoms with Crippen molar-refractivity contribution >= 4 is 50.9 Å². The lowest BCUT2D eigenvalue weighted by atomic mass is 10.3. The lowest BCUT2D eigenvalue weighted by Gasteiger charge is -2.09. The van der Waals surface area contributed by atoms with E-state index >= 15 is 0 Å². The first-order valence-corrected chi connectivity index (χ1v) is 7.28. The summed E-state index contributed by atoms with van der Waals surface area (Å²) in [6, 6.07) is 6.38. The molecular formula is C13H8BrClFN3S. The average molecular weight is 373 g/mol. The molecule has 102 valence electrons. The zero-order chi connectivity index (χ0) is 14.4. The Morgan fingerprint density at radius 1 is 1.40 bits per heavy atom. The summed E-state index contributed by atoms with van der Waals surface area (Å²) in [6.07, 6.45) is 0. The summed E-state index contributed by atoms with van der Waals surface area (Å²) in [5, 5.41) is 0.261. The zero-order valence-electron chi connectivity index (χ0n) is 10.2. The van der Waals surface area contributed by atoms with Gasteiger partial charge in [0.15, 0.2) is 10.4 Å². The van der Waals surface area contributed by atoms with Gasteiger partial charge in [-0.25, -0.2) is 9.37 Å². The Kier molecular flexibility index (Phi) is 3.40. The second-order valence-corrected chi connectivity index (χ2v) is 5.96. The molecule has 0 spiro atoms. The molecule has 0 atom stereocenters. The van der Waals surface area contributed by atoms with Crippen LogP contribution in [-0.4, -0.2) is 14.5 Å². The number of H-pyrrole nitrogens is 1. The summed E-state index contributed by atoms with van der Waals surface area (Å²) in [4.78, 5) is 7.53. The van der Waals surface area contributed by atoms with Crippen molar-refractivity contribution < 1.29 is 4.39 Å². The minimum atomic E-state index is -0.416. The first-order valence-electron chi connectivity index (χ1n) is 5.70. The van der Waals surface area contributed by atoms with Crippen molar-refractivity contribution in [3.05, 3.63) is 50.0 Å². The Bertz CT molecular complexity index is 864. The summed E-state index contributed by atoms with van der Waals surface area (Å²) < 4.78 is 16.0. The quantitative estimate of drug-likeness (QED) is 0.613. The number of benzene rings is 1. The number of halogens is 3. The smallest absolute Gasteiger partial charge is 0.184 e. The predicted molar refractivity (Wildman–Crippen MR) is 83.7 cm³/mol. The third kappa shape index (κ3) is 2.17. The number of aryl methyl sites for hydroxylation is 1. The van der Waals surface area contributed by atoms with Crippen molar-refractivity contribution in [3.8, 4) is 5.69 Å². The molecule has 0 bridgehead atoms. The maximum absolute atomic E-state index is 13.4. The fourth-order valence-electron chi connectivity index (χ4n) is 2.03. The molecule has 0 saturated heterocycles. The number of aromatic amines is 1. The number of fused-ring (bicyclic) bond motifs is 1. The zero-order valence-corrected chi connectivity index (χ0v) is 13.4. The van der Waals surface area contributed by atoms with Gasteiger partial charge in [-0.15, -0.1) is 0 Å². The average Bonchev–Trinajstić information content (AvgIpc) is 2.65. The number of hydrogen-bond donors (Lipinski definition) is 1. The third-order valence-corrected chi connectivity index (χ3v) is 4.05. The summed E-state index contributed by atoms with van der Waals surface area (Å²) in [7, 11) is 0. The van der Waals surface area contributed by atoms with Gasteiger partial charge in [0.05, 0.1) is 16.2 Å². The molecule has 2 heterocycles. The summed E-state index contributed by atoms with van der Waals surface area (Å²) in [5.41, 5.74) is 2.88. The van der Waals surface area contributed by atoms with Gasteiger partial charge in [0.25, 0.3) is 0 Å². The van der Waals surface area contributed by atoms with E-state index in [9.17, 15) is 4.39 Å². The molecule has 0 saturated carbocycles. The van der Waals surface area contributed by atoms with Crippen LogP contribution in [0.4, 0.5) is 4.39 Å². The van der Waals surface area contributed by atoms with Gasteiger partial charge in [0.2, 0.25) is 0 Å². The maximum Gasteiger partial charge on any atom is 0.184 e. The molecule has 0 fully saturated rings. The lowest BCUT2D eigenvalue weighted by molar-refractivity contribution is 0.626. The van der Waals surface area contributed by atoms with Crippen LogP contribution in [0.25, 0.3) is 16.9 Å². The fraction of sp³-hybridized carbons (Fsp3) is 0.0769. The number of pyridine rings is 1. The summed E-state index contributed by atoms with van der Waals surface area (Å²) >= 11 is 14.8. The minimum absolute atomic E-state index is 0.261. The van der Waals surface area contributed by atoms with Crippen molar-refractivity contribution in [2.75, 3.05) is 0 Å². The molecule has 3 rings (SSSR count). The van der Waals surface area contributed by atoms with E-state index in [1.807, 2.05) is 19.1 Å². The first-order chi connectivity index (χ1) is 9.47. The van der Waals surface area contributed by atoms with Gasteiger partial charge in [0, 0.05) is 10.2 Å². The Morgan fingerprint density at radius 2 is 2.15 bits per heavy atom. The van der Waals surface area contributed by atoms with Crippen LogP contribution in [0.3, 0.4) is 0 Å². The topological polar surface area (TPSA) is 33.6 Å². The molecule has 0 radical (unpaired) electrons. The van der Waals surface area contributed by atoms with Crippen LogP contribution in [0.2, 0.25) is 5.02 Å². The monoisotopic (exact) mass is 371 g/mol. The van der Waals surface area contributed by atoms with Crippen LogP contribution in [0.5, 0.6) is 0 Å². The number of imidazole rings is 1. The second-order valence-electron chi connectivity index (χ2n) is 4.31. The van der Waals surface area contributed by atoms with E-state index in [-0.39, 0.29) is 5.02 Å². The van der Waals surface area contributed by atoms with Crippen molar-refractivity contribution in [2.45, 2.75) is 6.92 Å². The molecule has 7 heteroatoms. The van der Waals surface area contributed by atoms with Crippen LogP contribution < -0.4 is 0 Å². The van der Waals surface area contributed by atoms with Crippen LogP contribution >= 0.6 is 39.7 Å². The first kappa shape index (κ1) is 13.7. The highest BCUT2D eigenvalue weighted by atomic mass is 79.9. The van der Waals surface area contributed by atoms with Crippen LogP contribution in [0, 0.1) is 17.5 Å². The SMILES string of the molecule is Cc1ccc2[nH]c(=S)n(-c3c(Cl)cc(F)cc3Br)c2n1. The number of hydrogen-bond acceptors (Lipinski definition) is 2. The number of nitrogens with zero attached hydrogens (tertiary/aromatic N) is 2. The summed E-state index contributed by atoms with van der Waals surface area (Å²) in [6.45, 7) is 1.89. The Hall–Kier alpha value is -1.24. The van der Waals surface area contributed by atoms with Gasteiger partial charge in [-0.05, 0) is 59.3 Å². The molecule has 0 amide bonds. The number of nitrogens with one attached hydrogen (secondary N) is 1. The molecule has 2 aromatic heterocycles. The second kappa shape index (κ2) is 4.95. The van der Waals surface area contributed by atoms with Gasteiger partial charge >= 0.3 is 0 Å². The van der Waals surface area contributed by atoms with E-state index in [2.05, 4.69) is 25.9 Å². The fourth-order valence-corrected chi connectivity index (χ4v) is 3.34. The minimum Gasteiger partial charge on any atom is -0.329 e. The molecule has 0 aliphatic rings. The van der Waals surface area contributed by atoms with Crippen molar-refractivity contribution in [1.82, 2.24) is 14.5 Å². The van der Waals surface area contributed by atoms with E-state index < -0.39 is 5.82 Å². The van der Waals surface area contributed by atoms with E-state index in [0.29, 0.717) is 20.6 Å². The van der Waals surface area contributed by atoms with Crippen LogP contribution in [0.15, 0.2) is 28.7 Å². The van der Waals surface area contributed by atoms with Gasteiger partial charge in [0.1, 0.15) is 5.82 Å². The number of aromatic nitrogens is 3. The highest BCUT2D eigenvalue weighted by Gasteiger charge is 2.15. The van der Waals surface area contributed by atoms with Crippen molar-refractivity contribution in [2.24, 2.45) is 0 Å².